The predicted octanol–water partition coefficient (Wildman–Crippen LogP) is 3.35. The topological polar surface area (TPSA) is 38.5 Å². The number of benzene rings is 1. The number of methoxy groups -OCH3 is 1. The average molecular weight is 288 g/mol. The minimum atomic E-state index is 0.0841. The van der Waals surface area contributed by atoms with Crippen LogP contribution in [0.25, 0.3) is 0 Å². The zero-order valence-electron chi connectivity index (χ0n) is 13.1. The lowest BCUT2D eigenvalue weighted by atomic mass is 9.78. The van der Waals surface area contributed by atoms with Crippen molar-refractivity contribution in [2.24, 2.45) is 11.7 Å². The second kappa shape index (κ2) is 6.80. The summed E-state index contributed by atoms with van der Waals surface area (Å²) in [6.45, 7) is 2.20. The first-order valence-corrected chi connectivity index (χ1v) is 8.41. The molecule has 0 amide bonds. The summed E-state index contributed by atoms with van der Waals surface area (Å²) in [4.78, 5) is 2.66. The van der Waals surface area contributed by atoms with Crippen LogP contribution in [0.15, 0.2) is 24.3 Å². The molecular weight excluding hydrogens is 260 g/mol. The van der Waals surface area contributed by atoms with E-state index in [9.17, 15) is 0 Å². The SMILES string of the molecule is COc1cccc(C(N)CN2CCC[C@H]3CCCC[C@H]32)c1. The molecular formula is C18H28N2O. The van der Waals surface area contributed by atoms with E-state index in [0.717, 1.165) is 24.3 Å². The Kier molecular flexibility index (Phi) is 4.81. The summed E-state index contributed by atoms with van der Waals surface area (Å²) >= 11 is 0. The van der Waals surface area contributed by atoms with E-state index in [1.54, 1.807) is 7.11 Å². The molecule has 1 aliphatic heterocycles. The Bertz CT molecular complexity index is 460. The van der Waals surface area contributed by atoms with Crippen molar-refractivity contribution in [1.82, 2.24) is 4.90 Å². The second-order valence-electron chi connectivity index (χ2n) is 6.63. The van der Waals surface area contributed by atoms with Crippen LogP contribution >= 0.6 is 0 Å². The Labute approximate surface area is 128 Å². The number of hydrogen-bond donors (Lipinski definition) is 1. The fraction of sp³-hybridized carbons (Fsp3) is 0.667. The number of ether oxygens (including phenoxy) is 1. The van der Waals surface area contributed by atoms with Crippen molar-refractivity contribution in [2.75, 3.05) is 20.2 Å². The molecule has 2 fully saturated rings. The number of rotatable bonds is 4. The van der Waals surface area contributed by atoms with Gasteiger partial charge in [0.15, 0.2) is 0 Å². The van der Waals surface area contributed by atoms with Gasteiger partial charge in [-0.25, -0.2) is 0 Å². The van der Waals surface area contributed by atoms with Gasteiger partial charge in [-0.3, -0.25) is 4.90 Å². The molecule has 0 bridgehead atoms. The van der Waals surface area contributed by atoms with Gasteiger partial charge in [0.05, 0.1) is 7.11 Å². The third kappa shape index (κ3) is 3.41. The third-order valence-electron chi connectivity index (χ3n) is 5.31. The lowest BCUT2D eigenvalue weighted by Gasteiger charge is -2.45. The average Bonchev–Trinajstić information content (AvgIpc) is 2.55. The van der Waals surface area contributed by atoms with Crippen molar-refractivity contribution in [3.63, 3.8) is 0 Å². The van der Waals surface area contributed by atoms with Gasteiger partial charge in [-0.2, -0.15) is 0 Å². The molecule has 1 unspecified atom stereocenters. The van der Waals surface area contributed by atoms with E-state index in [2.05, 4.69) is 17.0 Å². The van der Waals surface area contributed by atoms with Crippen LogP contribution in [0.1, 0.15) is 50.1 Å². The molecule has 1 saturated heterocycles. The predicted molar refractivity (Wildman–Crippen MR) is 86.5 cm³/mol. The first-order chi connectivity index (χ1) is 10.3. The summed E-state index contributed by atoms with van der Waals surface area (Å²) < 4.78 is 5.31. The Morgan fingerprint density at radius 1 is 1.24 bits per heavy atom. The summed E-state index contributed by atoms with van der Waals surface area (Å²) in [7, 11) is 1.71. The lowest BCUT2D eigenvalue weighted by Crippen LogP contribution is -2.49. The van der Waals surface area contributed by atoms with Crippen molar-refractivity contribution >= 4 is 0 Å². The van der Waals surface area contributed by atoms with Gasteiger partial charge in [-0.1, -0.05) is 25.0 Å². The van der Waals surface area contributed by atoms with E-state index in [-0.39, 0.29) is 6.04 Å². The number of likely N-dealkylation sites (tertiary alicyclic amines) is 1. The summed E-state index contributed by atoms with van der Waals surface area (Å²) in [6.07, 6.45) is 8.38. The first kappa shape index (κ1) is 14.9. The fourth-order valence-corrected chi connectivity index (χ4v) is 4.18. The molecule has 0 aromatic heterocycles. The maximum atomic E-state index is 6.47. The first-order valence-electron chi connectivity index (χ1n) is 8.41. The Hall–Kier alpha value is -1.06. The summed E-state index contributed by atoms with van der Waals surface area (Å²) in [5.74, 6) is 1.82. The molecule has 1 aromatic rings. The van der Waals surface area contributed by atoms with Crippen LogP contribution in [-0.4, -0.2) is 31.1 Å². The highest BCUT2D eigenvalue weighted by Crippen LogP contribution is 2.35. The van der Waals surface area contributed by atoms with E-state index in [4.69, 9.17) is 10.5 Å². The molecule has 3 nitrogen and oxygen atoms in total. The Balaban J connectivity index is 1.66. The van der Waals surface area contributed by atoms with Crippen molar-refractivity contribution < 1.29 is 4.74 Å². The molecule has 3 atom stereocenters. The standard InChI is InChI=1S/C18H28N2O/c1-21-16-9-4-7-15(12-16)17(19)13-20-11-5-8-14-6-2-3-10-18(14)20/h4,7,9,12,14,17-18H,2-3,5-6,8,10-11,13,19H2,1H3/t14-,17?,18-/m1/s1. The molecule has 116 valence electrons. The number of fused-ring (bicyclic) bond motifs is 1. The van der Waals surface area contributed by atoms with Crippen LogP contribution in [0.4, 0.5) is 0 Å². The summed E-state index contributed by atoms with van der Waals surface area (Å²) in [6, 6.07) is 9.08. The Morgan fingerprint density at radius 2 is 2.05 bits per heavy atom. The van der Waals surface area contributed by atoms with E-state index >= 15 is 0 Å². The van der Waals surface area contributed by atoms with Crippen molar-refractivity contribution in [3.8, 4) is 5.75 Å². The molecule has 1 aliphatic carbocycles. The number of nitrogens with zero attached hydrogens (tertiary/aromatic N) is 1. The lowest BCUT2D eigenvalue weighted by molar-refractivity contribution is 0.0561. The van der Waals surface area contributed by atoms with Gasteiger partial charge in [0.2, 0.25) is 0 Å². The molecule has 1 aromatic carbocycles. The maximum Gasteiger partial charge on any atom is 0.119 e. The van der Waals surface area contributed by atoms with Crippen molar-refractivity contribution in [1.29, 1.82) is 0 Å². The van der Waals surface area contributed by atoms with Gasteiger partial charge in [-0.05, 0) is 55.8 Å². The number of nitrogens with two attached hydrogens (primary N) is 1. The number of hydrogen-bond acceptors (Lipinski definition) is 3. The monoisotopic (exact) mass is 288 g/mol. The highest BCUT2D eigenvalue weighted by molar-refractivity contribution is 5.30. The highest BCUT2D eigenvalue weighted by Gasteiger charge is 2.33. The minimum Gasteiger partial charge on any atom is -0.497 e. The smallest absolute Gasteiger partial charge is 0.119 e. The zero-order chi connectivity index (χ0) is 14.7. The molecule has 0 spiro atoms. The largest absolute Gasteiger partial charge is 0.497 e. The van der Waals surface area contributed by atoms with E-state index in [1.165, 1.54) is 50.6 Å². The highest BCUT2D eigenvalue weighted by atomic mass is 16.5. The van der Waals surface area contributed by atoms with Gasteiger partial charge < -0.3 is 10.5 Å². The molecule has 3 rings (SSSR count). The van der Waals surface area contributed by atoms with Crippen LogP contribution in [0.2, 0.25) is 0 Å². The van der Waals surface area contributed by atoms with Gasteiger partial charge in [-0.15, -0.1) is 0 Å². The van der Waals surface area contributed by atoms with Gasteiger partial charge in [0, 0.05) is 18.6 Å². The van der Waals surface area contributed by atoms with Crippen LogP contribution in [0.5, 0.6) is 5.75 Å². The van der Waals surface area contributed by atoms with Crippen LogP contribution in [0.3, 0.4) is 0 Å². The van der Waals surface area contributed by atoms with E-state index in [1.807, 2.05) is 12.1 Å². The van der Waals surface area contributed by atoms with E-state index in [0.29, 0.717) is 0 Å². The third-order valence-corrected chi connectivity index (χ3v) is 5.31. The molecule has 21 heavy (non-hydrogen) atoms. The summed E-state index contributed by atoms with van der Waals surface area (Å²) in [5, 5.41) is 0. The second-order valence-corrected chi connectivity index (χ2v) is 6.63. The van der Waals surface area contributed by atoms with Crippen LogP contribution in [-0.2, 0) is 0 Å². The summed E-state index contributed by atoms with van der Waals surface area (Å²) in [5.41, 5.74) is 7.66. The minimum absolute atomic E-state index is 0.0841. The molecule has 1 saturated carbocycles. The van der Waals surface area contributed by atoms with Crippen molar-refractivity contribution in [2.45, 2.75) is 50.6 Å². The van der Waals surface area contributed by atoms with Crippen LogP contribution in [0, 0.1) is 5.92 Å². The number of piperidine rings is 1. The van der Waals surface area contributed by atoms with Gasteiger partial charge in [0.1, 0.15) is 5.75 Å². The van der Waals surface area contributed by atoms with Crippen LogP contribution < -0.4 is 10.5 Å². The van der Waals surface area contributed by atoms with Crippen molar-refractivity contribution in [3.05, 3.63) is 29.8 Å². The molecule has 2 aliphatic rings. The molecule has 0 radical (unpaired) electrons. The van der Waals surface area contributed by atoms with Gasteiger partial charge in [0.25, 0.3) is 0 Å². The normalized spacial score (nSPS) is 27.9. The zero-order valence-corrected chi connectivity index (χ0v) is 13.1. The molecule has 3 heteroatoms. The maximum absolute atomic E-state index is 6.47. The molecule has 1 heterocycles. The Morgan fingerprint density at radius 3 is 2.90 bits per heavy atom. The molecule has 2 N–H and O–H groups in total. The van der Waals surface area contributed by atoms with E-state index < -0.39 is 0 Å². The fourth-order valence-electron chi connectivity index (χ4n) is 4.18. The quantitative estimate of drug-likeness (QED) is 0.923. The van der Waals surface area contributed by atoms with Gasteiger partial charge >= 0.3 is 0 Å².